The van der Waals surface area contributed by atoms with Crippen LogP contribution in [0.3, 0.4) is 0 Å². The number of ketones is 1. The highest BCUT2D eigenvalue weighted by Crippen LogP contribution is 2.11. The zero-order valence-electron chi connectivity index (χ0n) is 9.40. The summed E-state index contributed by atoms with van der Waals surface area (Å²) in [5, 5.41) is 0.395. The van der Waals surface area contributed by atoms with Crippen LogP contribution in [0.25, 0.3) is 0 Å². The van der Waals surface area contributed by atoms with Crippen LogP contribution in [-0.4, -0.2) is 33.1 Å². The fraction of sp³-hybridized carbons (Fsp3) is 0.455. The lowest BCUT2D eigenvalue weighted by atomic mass is 10.2. The number of hydrogen-bond donors (Lipinski definition) is 0. The summed E-state index contributed by atoms with van der Waals surface area (Å²) in [6.45, 7) is 0. The van der Waals surface area contributed by atoms with Gasteiger partial charge in [-0.15, -0.1) is 5.06 Å². The van der Waals surface area contributed by atoms with Gasteiger partial charge in [-0.05, 0) is 16.8 Å². The van der Waals surface area contributed by atoms with E-state index in [4.69, 9.17) is 0 Å². The molecule has 0 aliphatic carbocycles. The van der Waals surface area contributed by atoms with Gasteiger partial charge in [-0.1, -0.05) is 22.6 Å². The van der Waals surface area contributed by atoms with E-state index >= 15 is 0 Å². The molecule has 1 rings (SSSR count). The topological polar surface area (TPSA) is 80.8 Å². The van der Waals surface area contributed by atoms with Crippen molar-refractivity contribution >= 4 is 46.2 Å². The minimum atomic E-state index is -1.08. The van der Waals surface area contributed by atoms with Crippen LogP contribution in [-0.2, 0) is 24.0 Å². The molecule has 1 heterocycles. The molecule has 7 heteroatoms. The molecule has 0 saturated carbocycles. The van der Waals surface area contributed by atoms with Crippen LogP contribution >= 0.6 is 22.6 Å². The highest BCUT2D eigenvalue weighted by atomic mass is 127. The predicted molar refractivity (Wildman–Crippen MR) is 68.1 cm³/mol. The fourth-order valence-corrected chi connectivity index (χ4v) is 1.56. The molecule has 6 nitrogen and oxygen atoms in total. The number of alkyl halides is 1. The molecule has 0 bridgehead atoms. The fourth-order valence-electron chi connectivity index (χ4n) is 1.17. The Labute approximate surface area is 117 Å². The van der Waals surface area contributed by atoms with E-state index in [0.29, 0.717) is 11.5 Å². The second-order valence-electron chi connectivity index (χ2n) is 3.43. The van der Waals surface area contributed by atoms with Gasteiger partial charge in [-0.3, -0.25) is 14.4 Å². The number of hydroxylamine groups is 2. The van der Waals surface area contributed by atoms with Gasteiger partial charge in [0.1, 0.15) is 0 Å². The Morgan fingerprint density at radius 1 is 1.22 bits per heavy atom. The van der Waals surface area contributed by atoms with Crippen molar-refractivity contribution in [3.63, 3.8) is 0 Å². The molecule has 1 saturated heterocycles. The van der Waals surface area contributed by atoms with Gasteiger partial charge in [0.2, 0.25) is 5.78 Å². The molecule has 0 atom stereocenters. The van der Waals surface area contributed by atoms with E-state index in [-0.39, 0.29) is 25.0 Å². The molecule has 0 aromatic rings. The summed E-state index contributed by atoms with van der Waals surface area (Å²) in [5.41, 5.74) is 0. The van der Waals surface area contributed by atoms with Crippen LogP contribution in [0.5, 0.6) is 0 Å². The van der Waals surface area contributed by atoms with E-state index in [2.05, 4.69) is 33.3 Å². The van der Waals surface area contributed by atoms with E-state index in [1.165, 1.54) is 0 Å². The average Bonchev–Trinajstić information content (AvgIpc) is 2.65. The minimum Gasteiger partial charge on any atom is -0.318 e. The van der Waals surface area contributed by atoms with E-state index in [1.807, 2.05) is 5.92 Å². The van der Waals surface area contributed by atoms with Crippen molar-refractivity contribution in [1.29, 1.82) is 0 Å². The third-order valence-electron chi connectivity index (χ3n) is 2.02. The summed E-state index contributed by atoms with van der Waals surface area (Å²) >= 11 is 2.13. The summed E-state index contributed by atoms with van der Waals surface area (Å²) in [6, 6.07) is 0. The zero-order chi connectivity index (χ0) is 13.5. The molecule has 0 radical (unpaired) electrons. The van der Waals surface area contributed by atoms with E-state index in [9.17, 15) is 19.2 Å². The van der Waals surface area contributed by atoms with Gasteiger partial charge >= 0.3 is 5.97 Å². The Balaban J connectivity index is 2.47. The predicted octanol–water partition coefficient (Wildman–Crippen LogP) is 0.381. The maximum absolute atomic E-state index is 11.2. The highest BCUT2D eigenvalue weighted by molar-refractivity contribution is 14.1. The van der Waals surface area contributed by atoms with Gasteiger partial charge in [0.05, 0.1) is 0 Å². The third kappa shape index (κ3) is 4.44. The Morgan fingerprint density at radius 3 is 2.39 bits per heavy atom. The number of halogens is 1. The Bertz CT molecular complexity index is 432. The third-order valence-corrected chi connectivity index (χ3v) is 2.78. The van der Waals surface area contributed by atoms with Crippen LogP contribution < -0.4 is 0 Å². The number of Topliss-reactive ketones (excluding diaryl/α,β-unsaturated/α-hetero) is 1. The molecule has 0 spiro atoms. The maximum atomic E-state index is 11.2. The number of amides is 2. The first kappa shape index (κ1) is 14.6. The summed E-state index contributed by atoms with van der Waals surface area (Å²) in [6.07, 6.45) is 0.999. The van der Waals surface area contributed by atoms with Crippen molar-refractivity contribution in [2.75, 3.05) is 4.43 Å². The van der Waals surface area contributed by atoms with Crippen molar-refractivity contribution in [3.05, 3.63) is 0 Å². The van der Waals surface area contributed by atoms with E-state index in [1.54, 1.807) is 0 Å². The highest BCUT2D eigenvalue weighted by Gasteiger charge is 2.32. The minimum absolute atomic E-state index is 0.0220. The number of nitrogens with zero attached hydrogens (tertiary/aromatic N) is 1. The molecule has 1 fully saturated rings. The molecule has 0 aromatic heterocycles. The van der Waals surface area contributed by atoms with Crippen molar-refractivity contribution in [1.82, 2.24) is 5.06 Å². The monoisotopic (exact) mass is 363 g/mol. The lowest BCUT2D eigenvalue weighted by Crippen LogP contribution is -2.31. The largest absolute Gasteiger partial charge is 0.409 e. The van der Waals surface area contributed by atoms with E-state index in [0.717, 1.165) is 4.43 Å². The molecule has 18 heavy (non-hydrogen) atoms. The smallest absolute Gasteiger partial charge is 0.318 e. The molecule has 1 aliphatic heterocycles. The van der Waals surface area contributed by atoms with Crippen molar-refractivity contribution in [2.24, 2.45) is 0 Å². The van der Waals surface area contributed by atoms with Crippen LogP contribution in [0.4, 0.5) is 0 Å². The standard InChI is InChI=1S/C11H10INO5/c12-7-1-2-8(14)3-6-11(17)18-13-9(15)4-5-10(13)16/h1-2,4-5,7H2. The second kappa shape index (κ2) is 7.10. The lowest BCUT2D eigenvalue weighted by Gasteiger charge is -2.09. The SMILES string of the molecule is O=C(C#CC(=O)ON1C(=O)CCC1=O)CCCI. The summed E-state index contributed by atoms with van der Waals surface area (Å²) in [7, 11) is 0. The number of carbonyl (C=O) groups is 4. The Hall–Kier alpha value is -1.43. The zero-order valence-corrected chi connectivity index (χ0v) is 11.6. The van der Waals surface area contributed by atoms with Gasteiger partial charge in [-0.25, -0.2) is 4.79 Å². The van der Waals surface area contributed by atoms with Gasteiger partial charge in [0.25, 0.3) is 11.8 Å². The van der Waals surface area contributed by atoms with Gasteiger partial charge in [0, 0.05) is 25.2 Å². The number of imide groups is 1. The summed E-state index contributed by atoms with van der Waals surface area (Å²) in [4.78, 5) is 49.0. The first-order valence-electron chi connectivity index (χ1n) is 5.23. The first-order chi connectivity index (χ1) is 8.54. The average molecular weight is 363 g/mol. The number of carbonyl (C=O) groups excluding carboxylic acids is 4. The van der Waals surface area contributed by atoms with Crippen LogP contribution in [0, 0.1) is 11.8 Å². The van der Waals surface area contributed by atoms with Crippen molar-refractivity contribution in [2.45, 2.75) is 25.7 Å². The second-order valence-corrected chi connectivity index (χ2v) is 4.51. The molecule has 96 valence electrons. The molecule has 0 aromatic carbocycles. The van der Waals surface area contributed by atoms with Crippen LogP contribution in [0.15, 0.2) is 0 Å². The normalized spacial score (nSPS) is 14.2. The Kier molecular flexibility index (Phi) is 5.77. The van der Waals surface area contributed by atoms with Crippen molar-refractivity contribution in [3.8, 4) is 11.8 Å². The van der Waals surface area contributed by atoms with Gasteiger partial charge < -0.3 is 4.84 Å². The molecule has 0 unspecified atom stereocenters. The first-order valence-corrected chi connectivity index (χ1v) is 6.75. The molecular formula is C11H10INO5. The molecule has 1 aliphatic rings. The van der Waals surface area contributed by atoms with Gasteiger partial charge in [-0.2, -0.15) is 0 Å². The maximum Gasteiger partial charge on any atom is 0.409 e. The molecular weight excluding hydrogens is 353 g/mol. The van der Waals surface area contributed by atoms with Crippen molar-refractivity contribution < 1.29 is 24.0 Å². The molecule has 2 amide bonds. The summed E-state index contributed by atoms with van der Waals surface area (Å²) in [5.74, 6) is 1.45. The van der Waals surface area contributed by atoms with E-state index < -0.39 is 17.8 Å². The summed E-state index contributed by atoms with van der Waals surface area (Å²) < 4.78 is 0.826. The number of rotatable bonds is 4. The number of hydrogen-bond acceptors (Lipinski definition) is 5. The van der Waals surface area contributed by atoms with Crippen LogP contribution in [0.2, 0.25) is 0 Å². The van der Waals surface area contributed by atoms with Crippen LogP contribution in [0.1, 0.15) is 25.7 Å². The molecule has 0 N–H and O–H groups in total. The van der Waals surface area contributed by atoms with Gasteiger partial charge in [0.15, 0.2) is 0 Å². The lowest BCUT2D eigenvalue weighted by molar-refractivity contribution is -0.193. The Morgan fingerprint density at radius 2 is 1.83 bits per heavy atom. The quantitative estimate of drug-likeness (QED) is 0.237.